The molecule has 16 heavy (non-hydrogen) atoms. The first-order valence-electron chi connectivity index (χ1n) is 5.43. The molecule has 0 N–H and O–H groups in total. The molecule has 0 saturated carbocycles. The van der Waals surface area contributed by atoms with E-state index in [0.717, 1.165) is 17.9 Å². The van der Waals surface area contributed by atoms with Crippen molar-refractivity contribution < 1.29 is 9.47 Å². The Bertz CT molecular complexity index is 503. The average Bonchev–Trinajstić information content (AvgIpc) is 2.36. The summed E-state index contributed by atoms with van der Waals surface area (Å²) < 4.78 is 10.6. The molecule has 2 heteroatoms. The van der Waals surface area contributed by atoms with E-state index >= 15 is 0 Å². The van der Waals surface area contributed by atoms with Crippen molar-refractivity contribution in [1.29, 1.82) is 0 Å². The van der Waals surface area contributed by atoms with Gasteiger partial charge in [-0.1, -0.05) is 25.1 Å². The third kappa shape index (κ3) is 1.83. The number of fused-ring (bicyclic) bond motifs is 1. The highest BCUT2D eigenvalue weighted by Gasteiger charge is 2.05. The van der Waals surface area contributed by atoms with Gasteiger partial charge in [-0.15, -0.1) is 0 Å². The van der Waals surface area contributed by atoms with E-state index in [0.29, 0.717) is 0 Å². The molecular formula is C14H16O2. The fourth-order valence-corrected chi connectivity index (χ4v) is 1.84. The van der Waals surface area contributed by atoms with Gasteiger partial charge in [0.15, 0.2) is 11.5 Å². The summed E-state index contributed by atoms with van der Waals surface area (Å²) in [5.74, 6) is 1.56. The van der Waals surface area contributed by atoms with Crippen molar-refractivity contribution in [3.8, 4) is 11.5 Å². The Hall–Kier alpha value is -1.70. The first kappa shape index (κ1) is 10.8. The van der Waals surface area contributed by atoms with Crippen LogP contribution in [-0.2, 0) is 6.42 Å². The molecule has 84 valence electrons. The molecule has 0 aromatic heterocycles. The van der Waals surface area contributed by atoms with Gasteiger partial charge in [-0.2, -0.15) is 0 Å². The number of rotatable bonds is 3. The molecule has 0 aliphatic heterocycles. The summed E-state index contributed by atoms with van der Waals surface area (Å²) in [7, 11) is 3.32. The molecule has 2 aromatic carbocycles. The minimum atomic E-state index is 0.777. The van der Waals surface area contributed by atoms with Gasteiger partial charge in [0, 0.05) is 0 Å². The van der Waals surface area contributed by atoms with Gasteiger partial charge in [0.05, 0.1) is 14.2 Å². The lowest BCUT2D eigenvalue weighted by atomic mass is 10.0. The van der Waals surface area contributed by atoms with Crippen LogP contribution in [0.25, 0.3) is 10.8 Å². The lowest BCUT2D eigenvalue weighted by molar-refractivity contribution is 0.356. The van der Waals surface area contributed by atoms with Gasteiger partial charge < -0.3 is 9.47 Å². The second-order valence-electron chi connectivity index (χ2n) is 3.74. The highest BCUT2D eigenvalue weighted by Crippen LogP contribution is 2.32. The number of benzene rings is 2. The summed E-state index contributed by atoms with van der Waals surface area (Å²) in [6, 6.07) is 10.5. The summed E-state index contributed by atoms with van der Waals surface area (Å²) in [6.45, 7) is 2.15. The van der Waals surface area contributed by atoms with Gasteiger partial charge in [0.2, 0.25) is 0 Å². The van der Waals surface area contributed by atoms with Gasteiger partial charge in [0.25, 0.3) is 0 Å². The highest BCUT2D eigenvalue weighted by molar-refractivity contribution is 5.86. The number of aryl methyl sites for hydroxylation is 1. The van der Waals surface area contributed by atoms with Crippen LogP contribution in [0.3, 0.4) is 0 Å². The van der Waals surface area contributed by atoms with Gasteiger partial charge in [0.1, 0.15) is 0 Å². The Balaban J connectivity index is 2.63. The van der Waals surface area contributed by atoms with E-state index in [4.69, 9.17) is 9.47 Å². The predicted molar refractivity (Wildman–Crippen MR) is 66.4 cm³/mol. The number of hydrogen-bond acceptors (Lipinski definition) is 2. The van der Waals surface area contributed by atoms with Crippen LogP contribution in [-0.4, -0.2) is 14.2 Å². The standard InChI is InChI=1S/C14H16O2/c1-4-10-5-6-11-8-13(15-2)14(16-3)9-12(11)7-10/h5-9H,4H2,1-3H3. The molecule has 0 radical (unpaired) electrons. The Kier molecular flexibility index (Phi) is 3.00. The Morgan fingerprint density at radius 2 is 1.50 bits per heavy atom. The lowest BCUT2D eigenvalue weighted by Crippen LogP contribution is -1.91. The fraction of sp³-hybridized carbons (Fsp3) is 0.286. The largest absolute Gasteiger partial charge is 0.493 e. The average molecular weight is 216 g/mol. The Morgan fingerprint density at radius 1 is 0.875 bits per heavy atom. The van der Waals surface area contributed by atoms with Crippen LogP contribution in [0.2, 0.25) is 0 Å². The number of methoxy groups -OCH3 is 2. The van der Waals surface area contributed by atoms with Crippen LogP contribution in [0, 0.1) is 0 Å². The second kappa shape index (κ2) is 4.44. The van der Waals surface area contributed by atoms with Crippen LogP contribution in [0.1, 0.15) is 12.5 Å². The summed E-state index contributed by atoms with van der Waals surface area (Å²) in [5, 5.41) is 2.37. The van der Waals surface area contributed by atoms with Crippen molar-refractivity contribution >= 4 is 10.8 Å². The molecule has 0 aliphatic rings. The predicted octanol–water partition coefficient (Wildman–Crippen LogP) is 3.42. The van der Waals surface area contributed by atoms with Crippen molar-refractivity contribution in [3.05, 3.63) is 35.9 Å². The van der Waals surface area contributed by atoms with Gasteiger partial charge in [-0.3, -0.25) is 0 Å². The number of ether oxygens (including phenoxy) is 2. The maximum atomic E-state index is 5.29. The molecule has 0 aliphatic carbocycles. The molecule has 0 heterocycles. The molecule has 2 nitrogen and oxygen atoms in total. The molecule has 2 aromatic rings. The maximum Gasteiger partial charge on any atom is 0.161 e. The quantitative estimate of drug-likeness (QED) is 0.782. The van der Waals surface area contributed by atoms with Gasteiger partial charge in [-0.05, 0) is 34.9 Å². The number of hydrogen-bond donors (Lipinski definition) is 0. The minimum Gasteiger partial charge on any atom is -0.493 e. The lowest BCUT2D eigenvalue weighted by Gasteiger charge is -2.09. The minimum absolute atomic E-state index is 0.777. The first-order chi connectivity index (χ1) is 7.78. The van der Waals surface area contributed by atoms with E-state index in [1.54, 1.807) is 14.2 Å². The molecule has 0 fully saturated rings. The highest BCUT2D eigenvalue weighted by atomic mass is 16.5. The van der Waals surface area contributed by atoms with E-state index in [1.165, 1.54) is 16.3 Å². The normalized spacial score (nSPS) is 10.4. The topological polar surface area (TPSA) is 18.5 Å². The van der Waals surface area contributed by atoms with Crippen molar-refractivity contribution in [2.75, 3.05) is 14.2 Å². The van der Waals surface area contributed by atoms with Gasteiger partial charge in [-0.25, -0.2) is 0 Å². The van der Waals surface area contributed by atoms with E-state index in [2.05, 4.69) is 25.1 Å². The van der Waals surface area contributed by atoms with Crippen LogP contribution in [0.5, 0.6) is 11.5 Å². The van der Waals surface area contributed by atoms with Crippen molar-refractivity contribution in [2.24, 2.45) is 0 Å². The molecule has 0 spiro atoms. The third-order valence-electron chi connectivity index (χ3n) is 2.82. The Morgan fingerprint density at radius 3 is 2.06 bits per heavy atom. The summed E-state index contributed by atoms with van der Waals surface area (Å²) in [4.78, 5) is 0. The molecule has 0 atom stereocenters. The fourth-order valence-electron chi connectivity index (χ4n) is 1.84. The molecule has 0 amide bonds. The molecule has 0 saturated heterocycles. The SMILES string of the molecule is CCc1ccc2cc(OC)c(OC)cc2c1. The zero-order valence-corrected chi connectivity index (χ0v) is 9.91. The van der Waals surface area contributed by atoms with E-state index in [1.807, 2.05) is 12.1 Å². The zero-order chi connectivity index (χ0) is 11.5. The zero-order valence-electron chi connectivity index (χ0n) is 9.91. The molecular weight excluding hydrogens is 200 g/mol. The van der Waals surface area contributed by atoms with E-state index < -0.39 is 0 Å². The van der Waals surface area contributed by atoms with Crippen LogP contribution >= 0.6 is 0 Å². The van der Waals surface area contributed by atoms with Crippen LogP contribution < -0.4 is 9.47 Å². The summed E-state index contributed by atoms with van der Waals surface area (Å²) >= 11 is 0. The second-order valence-corrected chi connectivity index (χ2v) is 3.74. The van der Waals surface area contributed by atoms with Gasteiger partial charge >= 0.3 is 0 Å². The van der Waals surface area contributed by atoms with Crippen molar-refractivity contribution in [2.45, 2.75) is 13.3 Å². The van der Waals surface area contributed by atoms with Crippen LogP contribution in [0.15, 0.2) is 30.3 Å². The summed E-state index contributed by atoms with van der Waals surface area (Å²) in [5.41, 5.74) is 1.33. The molecule has 2 rings (SSSR count). The molecule has 0 bridgehead atoms. The summed E-state index contributed by atoms with van der Waals surface area (Å²) in [6.07, 6.45) is 1.05. The third-order valence-corrected chi connectivity index (χ3v) is 2.82. The smallest absolute Gasteiger partial charge is 0.161 e. The van der Waals surface area contributed by atoms with Crippen molar-refractivity contribution in [3.63, 3.8) is 0 Å². The Labute approximate surface area is 95.8 Å². The molecule has 0 unspecified atom stereocenters. The first-order valence-corrected chi connectivity index (χ1v) is 5.43. The van der Waals surface area contributed by atoms with Crippen molar-refractivity contribution in [1.82, 2.24) is 0 Å². The van der Waals surface area contributed by atoms with E-state index in [9.17, 15) is 0 Å². The maximum absolute atomic E-state index is 5.29. The van der Waals surface area contributed by atoms with Crippen LogP contribution in [0.4, 0.5) is 0 Å². The van der Waals surface area contributed by atoms with E-state index in [-0.39, 0.29) is 0 Å². The monoisotopic (exact) mass is 216 g/mol.